The summed E-state index contributed by atoms with van der Waals surface area (Å²) in [4.78, 5) is 7.65. The number of benzene rings is 1. The molecule has 0 aliphatic heterocycles. The second kappa shape index (κ2) is 6.75. The van der Waals surface area contributed by atoms with Gasteiger partial charge >= 0.3 is 0 Å². The molecule has 1 aromatic heterocycles. The number of nitrogens with zero attached hydrogens (tertiary/aromatic N) is 2. The van der Waals surface area contributed by atoms with E-state index in [1.54, 1.807) is 0 Å². The SMILES string of the molecule is CCCNc1ncc(F)c(Nc2cc(F)c(Br)cc2F)n1. The van der Waals surface area contributed by atoms with E-state index in [1.165, 1.54) is 0 Å². The predicted octanol–water partition coefficient (Wildman–Crippen LogP) is 4.22. The summed E-state index contributed by atoms with van der Waals surface area (Å²) >= 11 is 2.87. The van der Waals surface area contributed by atoms with Gasteiger partial charge in [0.15, 0.2) is 11.6 Å². The van der Waals surface area contributed by atoms with Gasteiger partial charge in [-0.15, -0.1) is 0 Å². The molecule has 2 aromatic rings. The third kappa shape index (κ3) is 3.84. The van der Waals surface area contributed by atoms with Crippen molar-refractivity contribution < 1.29 is 13.2 Å². The number of rotatable bonds is 5. The number of nitrogens with one attached hydrogen (secondary N) is 2. The van der Waals surface area contributed by atoms with Crippen molar-refractivity contribution in [1.82, 2.24) is 9.97 Å². The highest BCUT2D eigenvalue weighted by molar-refractivity contribution is 9.10. The first-order chi connectivity index (χ1) is 10.0. The summed E-state index contributed by atoms with van der Waals surface area (Å²) in [5.41, 5.74) is -0.213. The monoisotopic (exact) mass is 360 g/mol. The fourth-order valence-electron chi connectivity index (χ4n) is 1.52. The highest BCUT2D eigenvalue weighted by Crippen LogP contribution is 2.26. The molecule has 0 aliphatic rings. The number of hydrogen-bond acceptors (Lipinski definition) is 4. The van der Waals surface area contributed by atoms with Crippen molar-refractivity contribution in [2.75, 3.05) is 17.2 Å². The van der Waals surface area contributed by atoms with E-state index in [1.807, 2.05) is 6.92 Å². The summed E-state index contributed by atoms with van der Waals surface area (Å²) in [5.74, 6) is -2.19. The zero-order chi connectivity index (χ0) is 15.4. The lowest BCUT2D eigenvalue weighted by atomic mass is 10.3. The molecule has 0 aliphatic carbocycles. The number of anilines is 3. The van der Waals surface area contributed by atoms with Gasteiger partial charge < -0.3 is 10.6 Å². The quantitative estimate of drug-likeness (QED) is 0.783. The lowest BCUT2D eigenvalue weighted by Gasteiger charge is -2.10. The highest BCUT2D eigenvalue weighted by atomic mass is 79.9. The Balaban J connectivity index is 2.28. The molecule has 0 spiro atoms. The molecule has 0 saturated heterocycles. The third-order valence-corrected chi connectivity index (χ3v) is 3.15. The number of halogens is 4. The van der Waals surface area contributed by atoms with Crippen LogP contribution in [0.5, 0.6) is 0 Å². The molecular formula is C13H12BrF3N4. The second-order valence-corrected chi connectivity index (χ2v) is 5.04. The molecule has 1 heterocycles. The van der Waals surface area contributed by atoms with E-state index in [-0.39, 0.29) is 21.9 Å². The van der Waals surface area contributed by atoms with Crippen molar-refractivity contribution in [2.24, 2.45) is 0 Å². The van der Waals surface area contributed by atoms with Gasteiger partial charge in [-0.1, -0.05) is 6.92 Å². The fraction of sp³-hybridized carbons (Fsp3) is 0.231. The van der Waals surface area contributed by atoms with Crippen LogP contribution in [0.2, 0.25) is 0 Å². The molecule has 21 heavy (non-hydrogen) atoms. The minimum atomic E-state index is -0.764. The van der Waals surface area contributed by atoms with E-state index >= 15 is 0 Å². The van der Waals surface area contributed by atoms with E-state index in [0.29, 0.717) is 6.54 Å². The molecule has 0 unspecified atom stereocenters. The Labute approximate surface area is 127 Å². The summed E-state index contributed by atoms with van der Waals surface area (Å²) in [6.07, 6.45) is 1.80. The summed E-state index contributed by atoms with van der Waals surface area (Å²) < 4.78 is 40.8. The Bertz CT molecular complexity index is 652. The molecule has 0 radical (unpaired) electrons. The Morgan fingerprint density at radius 2 is 1.90 bits per heavy atom. The largest absolute Gasteiger partial charge is 0.354 e. The molecule has 4 nitrogen and oxygen atoms in total. The van der Waals surface area contributed by atoms with Crippen LogP contribution in [0.15, 0.2) is 22.8 Å². The van der Waals surface area contributed by atoms with Gasteiger partial charge in [-0.2, -0.15) is 4.98 Å². The fourth-order valence-corrected chi connectivity index (χ4v) is 1.84. The van der Waals surface area contributed by atoms with Gasteiger partial charge in [-0.25, -0.2) is 18.2 Å². The zero-order valence-corrected chi connectivity index (χ0v) is 12.6. The van der Waals surface area contributed by atoms with Crippen LogP contribution >= 0.6 is 15.9 Å². The van der Waals surface area contributed by atoms with Gasteiger partial charge in [0, 0.05) is 12.6 Å². The van der Waals surface area contributed by atoms with Crippen molar-refractivity contribution in [3.05, 3.63) is 40.3 Å². The molecule has 0 bridgehead atoms. The van der Waals surface area contributed by atoms with E-state index in [0.717, 1.165) is 24.8 Å². The van der Waals surface area contributed by atoms with Gasteiger partial charge in [-0.3, -0.25) is 0 Å². The van der Waals surface area contributed by atoms with Crippen LogP contribution in [0, 0.1) is 17.5 Å². The van der Waals surface area contributed by atoms with Crippen LogP contribution in [0.3, 0.4) is 0 Å². The Morgan fingerprint density at radius 3 is 2.62 bits per heavy atom. The van der Waals surface area contributed by atoms with Gasteiger partial charge in [0.05, 0.1) is 16.4 Å². The van der Waals surface area contributed by atoms with Crippen molar-refractivity contribution in [3.8, 4) is 0 Å². The molecular weight excluding hydrogens is 349 g/mol. The van der Waals surface area contributed by atoms with Gasteiger partial charge in [0.2, 0.25) is 5.95 Å². The minimum absolute atomic E-state index is 0.0148. The van der Waals surface area contributed by atoms with Crippen LogP contribution in [-0.4, -0.2) is 16.5 Å². The van der Waals surface area contributed by atoms with E-state index in [2.05, 4.69) is 36.5 Å². The third-order valence-electron chi connectivity index (χ3n) is 2.54. The Morgan fingerprint density at radius 1 is 1.14 bits per heavy atom. The smallest absolute Gasteiger partial charge is 0.224 e. The maximum atomic E-state index is 13.7. The van der Waals surface area contributed by atoms with E-state index in [9.17, 15) is 13.2 Å². The van der Waals surface area contributed by atoms with E-state index in [4.69, 9.17) is 0 Å². The summed E-state index contributed by atoms with van der Waals surface area (Å²) in [6, 6.07) is 1.87. The van der Waals surface area contributed by atoms with Crippen LogP contribution in [0.1, 0.15) is 13.3 Å². The van der Waals surface area contributed by atoms with Crippen molar-refractivity contribution in [3.63, 3.8) is 0 Å². The Kier molecular flexibility index (Phi) is 5.00. The van der Waals surface area contributed by atoms with Crippen LogP contribution < -0.4 is 10.6 Å². The first-order valence-electron chi connectivity index (χ1n) is 6.19. The lowest BCUT2D eigenvalue weighted by Crippen LogP contribution is -2.07. The lowest BCUT2D eigenvalue weighted by molar-refractivity contribution is 0.596. The molecule has 0 amide bonds. The van der Waals surface area contributed by atoms with E-state index < -0.39 is 17.5 Å². The standard InChI is InChI=1S/C13H12BrF3N4/c1-2-3-18-13-19-6-10(17)12(21-13)20-11-5-8(15)7(14)4-9(11)16/h4-6H,2-3H2,1H3,(H2,18,19,20,21). The number of hydrogen-bond donors (Lipinski definition) is 2. The van der Waals surface area contributed by atoms with Gasteiger partial charge in [0.1, 0.15) is 11.6 Å². The van der Waals surface area contributed by atoms with Gasteiger partial charge in [-0.05, 0) is 28.4 Å². The van der Waals surface area contributed by atoms with Crippen molar-refractivity contribution >= 4 is 33.4 Å². The van der Waals surface area contributed by atoms with Gasteiger partial charge in [0.25, 0.3) is 0 Å². The normalized spacial score (nSPS) is 10.5. The minimum Gasteiger partial charge on any atom is -0.354 e. The molecule has 2 N–H and O–H groups in total. The zero-order valence-electron chi connectivity index (χ0n) is 11.1. The summed E-state index contributed by atoms with van der Waals surface area (Å²) in [7, 11) is 0. The van der Waals surface area contributed by atoms with Crippen molar-refractivity contribution in [1.29, 1.82) is 0 Å². The maximum absolute atomic E-state index is 13.7. The molecule has 0 atom stereocenters. The molecule has 2 rings (SSSR count). The van der Waals surface area contributed by atoms with Crippen LogP contribution in [0.4, 0.5) is 30.6 Å². The summed E-state index contributed by atoms with van der Waals surface area (Å²) in [5, 5.41) is 5.30. The maximum Gasteiger partial charge on any atom is 0.224 e. The first kappa shape index (κ1) is 15.6. The molecule has 8 heteroatoms. The van der Waals surface area contributed by atoms with Crippen molar-refractivity contribution in [2.45, 2.75) is 13.3 Å². The molecule has 1 aromatic carbocycles. The topological polar surface area (TPSA) is 49.8 Å². The number of aromatic nitrogens is 2. The molecule has 112 valence electrons. The average molecular weight is 361 g/mol. The molecule has 0 fully saturated rings. The average Bonchev–Trinajstić information content (AvgIpc) is 2.45. The second-order valence-electron chi connectivity index (χ2n) is 4.19. The molecule has 0 saturated carbocycles. The van der Waals surface area contributed by atoms with Crippen LogP contribution in [-0.2, 0) is 0 Å². The highest BCUT2D eigenvalue weighted by Gasteiger charge is 2.12. The predicted molar refractivity (Wildman–Crippen MR) is 78.1 cm³/mol. The summed E-state index contributed by atoms with van der Waals surface area (Å²) in [6.45, 7) is 2.57. The first-order valence-corrected chi connectivity index (χ1v) is 6.98. The van der Waals surface area contributed by atoms with Crippen LogP contribution in [0.25, 0.3) is 0 Å². The Hall–Kier alpha value is -1.83.